The highest BCUT2D eigenvalue weighted by molar-refractivity contribution is 6.13. The van der Waals surface area contributed by atoms with Gasteiger partial charge in [-0.2, -0.15) is 15.8 Å². The number of anilines is 1. The number of hydrogen-bond acceptors (Lipinski definition) is 6. The number of ether oxygens (including phenoxy) is 1. The van der Waals surface area contributed by atoms with Gasteiger partial charge in [0.2, 0.25) is 5.91 Å². The lowest BCUT2D eigenvalue weighted by Gasteiger charge is -2.38. The molecular formula is C27H20N4O3. The normalized spacial score (nSPS) is 21.7. The van der Waals surface area contributed by atoms with Gasteiger partial charge in [-0.1, -0.05) is 36.4 Å². The highest BCUT2D eigenvalue weighted by atomic mass is 16.5. The average molecular weight is 448 g/mol. The van der Waals surface area contributed by atoms with E-state index in [-0.39, 0.29) is 18.7 Å². The second-order valence-electron chi connectivity index (χ2n) is 8.05. The fourth-order valence-corrected chi connectivity index (χ4v) is 5.18. The Morgan fingerprint density at radius 2 is 1.82 bits per heavy atom. The summed E-state index contributed by atoms with van der Waals surface area (Å²) in [4.78, 5) is 28.9. The molecular weight excluding hydrogens is 428 g/mol. The van der Waals surface area contributed by atoms with Gasteiger partial charge in [-0.3, -0.25) is 4.79 Å². The summed E-state index contributed by atoms with van der Waals surface area (Å²) in [6.45, 7) is 5.65. The fraction of sp³-hybridized carbons (Fsp3) is 0.222. The zero-order valence-electron chi connectivity index (χ0n) is 18.5. The maximum absolute atomic E-state index is 14.3. The summed E-state index contributed by atoms with van der Waals surface area (Å²) in [5, 5.41) is 30.0. The van der Waals surface area contributed by atoms with E-state index in [0.717, 1.165) is 0 Å². The Morgan fingerprint density at radius 3 is 2.41 bits per heavy atom. The van der Waals surface area contributed by atoms with Gasteiger partial charge >= 0.3 is 5.97 Å². The number of carbonyl (C=O) groups is 2. The Bertz CT molecular complexity index is 1340. The molecule has 0 N–H and O–H groups in total. The third-order valence-corrected chi connectivity index (χ3v) is 6.49. The van der Waals surface area contributed by atoms with Crippen molar-refractivity contribution in [2.24, 2.45) is 5.41 Å². The van der Waals surface area contributed by atoms with E-state index in [1.165, 1.54) is 11.0 Å². The molecule has 0 unspecified atom stereocenters. The maximum atomic E-state index is 14.3. The quantitative estimate of drug-likeness (QED) is 0.509. The van der Waals surface area contributed by atoms with Crippen molar-refractivity contribution in [1.29, 1.82) is 15.8 Å². The topological polar surface area (TPSA) is 118 Å². The predicted octanol–water partition coefficient (Wildman–Crippen LogP) is 3.65. The number of allylic oxidation sites excluding steroid dienone is 1. The van der Waals surface area contributed by atoms with Gasteiger partial charge in [0, 0.05) is 23.7 Å². The van der Waals surface area contributed by atoms with Gasteiger partial charge in [0.1, 0.15) is 5.41 Å². The molecule has 2 atom stereocenters. The van der Waals surface area contributed by atoms with E-state index in [9.17, 15) is 25.4 Å². The Kier molecular flexibility index (Phi) is 5.53. The number of carbonyl (C=O) groups excluding carboxylic acids is 2. The van der Waals surface area contributed by atoms with Gasteiger partial charge in [-0.05, 0) is 42.3 Å². The lowest BCUT2D eigenvalue weighted by molar-refractivity contribution is -0.138. The van der Waals surface area contributed by atoms with Gasteiger partial charge in [0.25, 0.3) is 0 Å². The summed E-state index contributed by atoms with van der Waals surface area (Å²) < 4.78 is 5.29. The number of esters is 1. The third kappa shape index (κ3) is 2.80. The van der Waals surface area contributed by atoms with E-state index in [4.69, 9.17) is 4.74 Å². The molecule has 4 rings (SSSR count). The first-order valence-corrected chi connectivity index (χ1v) is 10.7. The Balaban J connectivity index is 2.11. The molecule has 1 aliphatic carbocycles. The van der Waals surface area contributed by atoms with Crippen molar-refractivity contribution in [1.82, 2.24) is 0 Å². The number of nitrogens with zero attached hydrogens (tertiary/aromatic N) is 4. The first-order valence-electron chi connectivity index (χ1n) is 10.7. The van der Waals surface area contributed by atoms with Crippen molar-refractivity contribution in [2.75, 3.05) is 18.1 Å². The summed E-state index contributed by atoms with van der Waals surface area (Å²) >= 11 is 0. The highest BCUT2D eigenvalue weighted by Gasteiger charge is 2.72. The number of benzene rings is 2. The van der Waals surface area contributed by atoms with Gasteiger partial charge < -0.3 is 9.64 Å². The Labute approximate surface area is 197 Å². The molecule has 166 valence electrons. The Morgan fingerprint density at radius 1 is 1.15 bits per heavy atom. The van der Waals surface area contributed by atoms with E-state index >= 15 is 0 Å². The van der Waals surface area contributed by atoms with E-state index < -0.39 is 28.6 Å². The molecule has 1 spiro atoms. The van der Waals surface area contributed by atoms with Crippen molar-refractivity contribution >= 4 is 17.6 Å². The van der Waals surface area contributed by atoms with E-state index in [1.807, 2.05) is 6.07 Å². The molecule has 0 fully saturated rings. The summed E-state index contributed by atoms with van der Waals surface area (Å²) in [6.07, 6.45) is 2.86. The molecule has 2 aromatic carbocycles. The first kappa shape index (κ1) is 22.5. The van der Waals surface area contributed by atoms with Crippen molar-refractivity contribution in [3.63, 3.8) is 0 Å². The second-order valence-corrected chi connectivity index (χ2v) is 8.05. The summed E-state index contributed by atoms with van der Waals surface area (Å²) in [5.41, 5.74) is -1.68. The van der Waals surface area contributed by atoms with E-state index in [2.05, 4.69) is 18.7 Å². The molecule has 34 heavy (non-hydrogen) atoms. The van der Waals surface area contributed by atoms with Crippen LogP contribution in [0, 0.1) is 39.4 Å². The summed E-state index contributed by atoms with van der Waals surface area (Å²) in [5.74, 6) is -2.15. The van der Waals surface area contributed by atoms with Crippen LogP contribution in [-0.2, 0) is 19.7 Å². The van der Waals surface area contributed by atoms with Crippen molar-refractivity contribution in [3.8, 4) is 18.2 Å². The van der Waals surface area contributed by atoms with Crippen LogP contribution in [0.4, 0.5) is 5.69 Å². The molecule has 7 heteroatoms. The largest absolute Gasteiger partial charge is 0.463 e. The molecule has 1 aliphatic heterocycles. The minimum atomic E-state index is -1.98. The van der Waals surface area contributed by atoms with Gasteiger partial charge in [0.15, 0.2) is 5.41 Å². The standard InChI is InChI=1S/C27H20N4O3/c1-3-13-31-22-8-6-5-7-21(22)27(25(31)33)23(19-11-9-18(15-28)10-12-19)20(24(32)34-4-2)14-26(27,16-29)17-30/h3,5-12,14,23H,1,4,13H2,2H3/t23-,27+/m0/s1. The molecule has 0 saturated carbocycles. The minimum absolute atomic E-state index is 0.0678. The van der Waals surface area contributed by atoms with Gasteiger partial charge in [0.05, 0.1) is 30.4 Å². The fourth-order valence-electron chi connectivity index (χ4n) is 5.18. The molecule has 0 saturated heterocycles. The summed E-state index contributed by atoms with van der Waals surface area (Å²) in [7, 11) is 0. The van der Waals surface area contributed by atoms with Crippen LogP contribution >= 0.6 is 0 Å². The number of para-hydroxylation sites is 1. The number of amides is 1. The minimum Gasteiger partial charge on any atom is -0.463 e. The zero-order valence-corrected chi connectivity index (χ0v) is 18.5. The van der Waals surface area contributed by atoms with Crippen LogP contribution in [0.1, 0.15) is 29.5 Å². The summed E-state index contributed by atoms with van der Waals surface area (Å²) in [6, 6.07) is 19.6. The lowest BCUT2D eigenvalue weighted by Crippen LogP contribution is -2.52. The number of hydrogen-bond donors (Lipinski definition) is 0. The monoisotopic (exact) mass is 448 g/mol. The SMILES string of the molecule is C=CCN1C(=O)[C@@]2(c3ccccc31)[C@@H](c1ccc(C#N)cc1)C(C(=O)OCC)=CC2(C#N)C#N. The number of fused-ring (bicyclic) bond motifs is 2. The van der Waals surface area contributed by atoms with Crippen LogP contribution in [0.15, 0.2) is 72.8 Å². The van der Waals surface area contributed by atoms with Crippen LogP contribution in [0.2, 0.25) is 0 Å². The van der Waals surface area contributed by atoms with Crippen molar-refractivity contribution in [3.05, 3.63) is 89.5 Å². The second kappa shape index (κ2) is 8.35. The lowest BCUT2D eigenvalue weighted by atomic mass is 9.57. The van der Waals surface area contributed by atoms with Crippen LogP contribution < -0.4 is 4.90 Å². The Hall–Kier alpha value is -4.67. The molecule has 1 amide bonds. The van der Waals surface area contributed by atoms with Crippen LogP contribution in [0.3, 0.4) is 0 Å². The van der Waals surface area contributed by atoms with Gasteiger partial charge in [-0.25, -0.2) is 4.79 Å². The van der Waals surface area contributed by atoms with E-state index in [0.29, 0.717) is 22.4 Å². The molecule has 0 aromatic heterocycles. The molecule has 7 nitrogen and oxygen atoms in total. The molecule has 0 bridgehead atoms. The third-order valence-electron chi connectivity index (χ3n) is 6.49. The van der Waals surface area contributed by atoms with Crippen LogP contribution in [-0.4, -0.2) is 25.0 Å². The molecule has 0 radical (unpaired) electrons. The molecule has 1 heterocycles. The average Bonchev–Trinajstić information content (AvgIpc) is 3.31. The number of nitriles is 3. The van der Waals surface area contributed by atoms with Crippen molar-refractivity contribution in [2.45, 2.75) is 18.3 Å². The molecule has 2 aromatic rings. The van der Waals surface area contributed by atoms with Crippen LogP contribution in [0.5, 0.6) is 0 Å². The zero-order chi connectivity index (χ0) is 24.5. The molecule has 2 aliphatic rings. The van der Waals surface area contributed by atoms with E-state index in [1.54, 1.807) is 61.5 Å². The maximum Gasteiger partial charge on any atom is 0.334 e. The predicted molar refractivity (Wildman–Crippen MR) is 123 cm³/mol. The van der Waals surface area contributed by atoms with Crippen LogP contribution in [0.25, 0.3) is 0 Å². The smallest absolute Gasteiger partial charge is 0.334 e. The highest BCUT2D eigenvalue weighted by Crippen LogP contribution is 2.65. The first-order chi connectivity index (χ1) is 16.4. The van der Waals surface area contributed by atoms with Crippen molar-refractivity contribution < 1.29 is 14.3 Å². The van der Waals surface area contributed by atoms with Gasteiger partial charge in [-0.15, -0.1) is 6.58 Å². The number of rotatable bonds is 5.